The van der Waals surface area contributed by atoms with Crippen LogP contribution in [0, 0.1) is 0 Å². The molecule has 0 aliphatic carbocycles. The highest BCUT2D eigenvalue weighted by Crippen LogP contribution is 2.09. The lowest BCUT2D eigenvalue weighted by atomic mass is 10.3. The smallest absolute Gasteiger partial charge is 0.409 e. The highest BCUT2D eigenvalue weighted by atomic mass is 16.6. The first-order valence-corrected chi connectivity index (χ1v) is 6.45. The standard InChI is InChI=1S/C13H19N3O3/c1-3-19-13(18)16-9-7-15(8-10-16)12(17)11-5-4-6-14(11)2/h4-6H,3,7-10H2,1-2H3. The van der Waals surface area contributed by atoms with Gasteiger partial charge in [0.1, 0.15) is 5.69 Å². The molecule has 6 nitrogen and oxygen atoms in total. The molecule has 1 aliphatic rings. The lowest BCUT2D eigenvalue weighted by molar-refractivity contribution is 0.0563. The molecule has 0 spiro atoms. The molecule has 1 aromatic rings. The molecule has 2 rings (SSSR count). The third-order valence-electron chi connectivity index (χ3n) is 3.26. The van der Waals surface area contributed by atoms with Crippen molar-refractivity contribution in [2.24, 2.45) is 7.05 Å². The van der Waals surface area contributed by atoms with E-state index in [1.54, 1.807) is 27.4 Å². The lowest BCUT2D eigenvalue weighted by Crippen LogP contribution is -2.51. The Balaban J connectivity index is 1.92. The van der Waals surface area contributed by atoms with E-state index in [4.69, 9.17) is 4.74 Å². The van der Waals surface area contributed by atoms with Crippen LogP contribution in [0.25, 0.3) is 0 Å². The van der Waals surface area contributed by atoms with Crippen molar-refractivity contribution in [2.75, 3.05) is 32.8 Å². The van der Waals surface area contributed by atoms with Crippen LogP contribution in [0.15, 0.2) is 18.3 Å². The minimum absolute atomic E-state index is 0.0102. The van der Waals surface area contributed by atoms with Crippen LogP contribution in [0.3, 0.4) is 0 Å². The van der Waals surface area contributed by atoms with Crippen LogP contribution in [0.4, 0.5) is 4.79 Å². The van der Waals surface area contributed by atoms with Gasteiger partial charge in [0.2, 0.25) is 0 Å². The fourth-order valence-corrected chi connectivity index (χ4v) is 2.15. The minimum atomic E-state index is -0.298. The number of piperazine rings is 1. The predicted molar refractivity (Wildman–Crippen MR) is 69.9 cm³/mol. The number of carbonyl (C=O) groups excluding carboxylic acids is 2. The fourth-order valence-electron chi connectivity index (χ4n) is 2.15. The molecule has 2 amide bonds. The Hall–Kier alpha value is -1.98. The molecule has 0 N–H and O–H groups in total. The van der Waals surface area contributed by atoms with Crippen LogP contribution >= 0.6 is 0 Å². The maximum absolute atomic E-state index is 12.3. The first-order chi connectivity index (χ1) is 9.13. The zero-order valence-corrected chi connectivity index (χ0v) is 11.3. The topological polar surface area (TPSA) is 54.8 Å². The number of nitrogens with zero attached hydrogens (tertiary/aromatic N) is 3. The van der Waals surface area contributed by atoms with Crippen molar-refractivity contribution in [3.8, 4) is 0 Å². The summed E-state index contributed by atoms with van der Waals surface area (Å²) >= 11 is 0. The number of aryl methyl sites for hydroxylation is 1. The van der Waals surface area contributed by atoms with E-state index in [1.807, 2.05) is 19.3 Å². The Bertz CT molecular complexity index is 461. The van der Waals surface area contributed by atoms with E-state index in [1.165, 1.54) is 0 Å². The van der Waals surface area contributed by atoms with Gasteiger partial charge in [-0.15, -0.1) is 0 Å². The Kier molecular flexibility index (Phi) is 4.09. The molecule has 1 fully saturated rings. The zero-order valence-electron chi connectivity index (χ0n) is 11.3. The summed E-state index contributed by atoms with van der Waals surface area (Å²) in [6.45, 7) is 4.30. The van der Waals surface area contributed by atoms with Crippen LogP contribution < -0.4 is 0 Å². The molecule has 0 radical (unpaired) electrons. The number of aromatic nitrogens is 1. The summed E-state index contributed by atoms with van der Waals surface area (Å²) in [7, 11) is 1.85. The largest absolute Gasteiger partial charge is 0.450 e. The molecular formula is C13H19N3O3. The van der Waals surface area contributed by atoms with Crippen molar-refractivity contribution in [3.05, 3.63) is 24.0 Å². The van der Waals surface area contributed by atoms with Crippen LogP contribution in [0.5, 0.6) is 0 Å². The fraction of sp³-hybridized carbons (Fsp3) is 0.538. The second-order valence-electron chi connectivity index (χ2n) is 4.48. The first kappa shape index (κ1) is 13.5. The van der Waals surface area contributed by atoms with Crippen molar-refractivity contribution in [1.82, 2.24) is 14.4 Å². The molecule has 0 unspecified atom stereocenters. The van der Waals surface area contributed by atoms with E-state index in [2.05, 4.69) is 0 Å². The van der Waals surface area contributed by atoms with E-state index in [-0.39, 0.29) is 12.0 Å². The van der Waals surface area contributed by atoms with Crippen LogP contribution in [0.2, 0.25) is 0 Å². The van der Waals surface area contributed by atoms with Gasteiger partial charge in [-0.05, 0) is 19.1 Å². The van der Waals surface area contributed by atoms with Gasteiger partial charge >= 0.3 is 6.09 Å². The van der Waals surface area contributed by atoms with Gasteiger partial charge in [-0.3, -0.25) is 4.79 Å². The number of hydrogen-bond acceptors (Lipinski definition) is 3. The van der Waals surface area contributed by atoms with Crippen molar-refractivity contribution >= 4 is 12.0 Å². The molecule has 19 heavy (non-hydrogen) atoms. The average molecular weight is 265 g/mol. The molecule has 1 saturated heterocycles. The zero-order chi connectivity index (χ0) is 13.8. The molecule has 0 bridgehead atoms. The molecule has 104 valence electrons. The summed E-state index contributed by atoms with van der Waals surface area (Å²) < 4.78 is 6.75. The number of ether oxygens (including phenoxy) is 1. The van der Waals surface area contributed by atoms with E-state index >= 15 is 0 Å². The van der Waals surface area contributed by atoms with Crippen LogP contribution in [0.1, 0.15) is 17.4 Å². The number of carbonyl (C=O) groups is 2. The third-order valence-corrected chi connectivity index (χ3v) is 3.26. The molecule has 6 heteroatoms. The molecule has 0 saturated carbocycles. The van der Waals surface area contributed by atoms with Gasteiger partial charge in [-0.1, -0.05) is 0 Å². The van der Waals surface area contributed by atoms with E-state index < -0.39 is 0 Å². The Morgan fingerprint density at radius 3 is 2.37 bits per heavy atom. The van der Waals surface area contributed by atoms with E-state index in [0.717, 1.165) is 0 Å². The summed E-state index contributed by atoms with van der Waals surface area (Å²) in [6.07, 6.45) is 1.55. The molecular weight excluding hydrogens is 246 g/mol. The average Bonchev–Trinajstić information content (AvgIpc) is 2.84. The lowest BCUT2D eigenvalue weighted by Gasteiger charge is -2.34. The van der Waals surface area contributed by atoms with Gasteiger partial charge in [0, 0.05) is 39.4 Å². The summed E-state index contributed by atoms with van der Waals surface area (Å²) in [6, 6.07) is 3.65. The Morgan fingerprint density at radius 2 is 1.84 bits per heavy atom. The van der Waals surface area contributed by atoms with Crippen molar-refractivity contribution in [2.45, 2.75) is 6.92 Å². The Labute approximate surface area is 112 Å². The van der Waals surface area contributed by atoms with Gasteiger partial charge in [-0.25, -0.2) is 4.79 Å². The van der Waals surface area contributed by atoms with Gasteiger partial charge in [0.15, 0.2) is 0 Å². The summed E-state index contributed by atoms with van der Waals surface area (Å²) in [5.41, 5.74) is 0.671. The quantitative estimate of drug-likeness (QED) is 0.799. The normalized spacial score (nSPS) is 15.5. The second-order valence-corrected chi connectivity index (χ2v) is 4.48. The van der Waals surface area contributed by atoms with Crippen molar-refractivity contribution < 1.29 is 14.3 Å². The third kappa shape index (κ3) is 2.89. The van der Waals surface area contributed by atoms with Gasteiger partial charge in [0.25, 0.3) is 5.91 Å². The number of amides is 2. The monoisotopic (exact) mass is 265 g/mol. The molecule has 0 atom stereocenters. The number of hydrogen-bond donors (Lipinski definition) is 0. The van der Waals surface area contributed by atoms with Crippen molar-refractivity contribution in [3.63, 3.8) is 0 Å². The molecule has 1 aliphatic heterocycles. The highest BCUT2D eigenvalue weighted by Gasteiger charge is 2.26. The molecule has 2 heterocycles. The number of rotatable bonds is 2. The first-order valence-electron chi connectivity index (χ1n) is 6.45. The SMILES string of the molecule is CCOC(=O)N1CCN(C(=O)c2cccn2C)CC1. The van der Waals surface area contributed by atoms with E-state index in [9.17, 15) is 9.59 Å². The molecule has 0 aromatic carbocycles. The highest BCUT2D eigenvalue weighted by molar-refractivity contribution is 5.92. The van der Waals surface area contributed by atoms with Crippen LogP contribution in [-0.2, 0) is 11.8 Å². The van der Waals surface area contributed by atoms with Gasteiger partial charge in [0.05, 0.1) is 6.61 Å². The summed E-state index contributed by atoms with van der Waals surface area (Å²) in [5, 5.41) is 0. The maximum atomic E-state index is 12.3. The van der Waals surface area contributed by atoms with Crippen molar-refractivity contribution in [1.29, 1.82) is 0 Å². The van der Waals surface area contributed by atoms with Gasteiger partial charge < -0.3 is 19.1 Å². The second kappa shape index (κ2) is 5.77. The summed E-state index contributed by atoms with van der Waals surface area (Å²) in [4.78, 5) is 27.2. The van der Waals surface area contributed by atoms with E-state index in [0.29, 0.717) is 38.5 Å². The maximum Gasteiger partial charge on any atom is 0.409 e. The Morgan fingerprint density at radius 1 is 1.21 bits per heavy atom. The summed E-state index contributed by atoms with van der Waals surface area (Å²) in [5.74, 6) is 0.0102. The molecule has 1 aromatic heterocycles. The predicted octanol–water partition coefficient (Wildman–Crippen LogP) is 0.939. The minimum Gasteiger partial charge on any atom is -0.450 e. The van der Waals surface area contributed by atoms with Crippen LogP contribution in [-0.4, -0.2) is 59.2 Å². The van der Waals surface area contributed by atoms with Gasteiger partial charge in [-0.2, -0.15) is 0 Å².